The second-order valence-corrected chi connectivity index (χ2v) is 7.17. The minimum Gasteiger partial charge on any atom is -0.469 e. The highest BCUT2D eigenvalue weighted by Crippen LogP contribution is 2.10. The fourth-order valence-corrected chi connectivity index (χ4v) is 2.93. The van der Waals surface area contributed by atoms with Crippen molar-refractivity contribution >= 4 is 5.96 Å². The van der Waals surface area contributed by atoms with E-state index in [1.165, 1.54) is 0 Å². The molecule has 1 fully saturated rings. The lowest BCUT2D eigenvalue weighted by Crippen LogP contribution is -2.45. The molecule has 0 aliphatic carbocycles. The lowest BCUT2D eigenvalue weighted by atomic mass is 10.1. The summed E-state index contributed by atoms with van der Waals surface area (Å²) < 4.78 is 11.0. The molecule has 0 spiro atoms. The van der Waals surface area contributed by atoms with Gasteiger partial charge in [-0.3, -0.25) is 4.99 Å². The van der Waals surface area contributed by atoms with Crippen molar-refractivity contribution in [2.24, 2.45) is 4.99 Å². The first-order valence-electron chi connectivity index (χ1n) is 8.98. The molecule has 7 nitrogen and oxygen atoms in total. The van der Waals surface area contributed by atoms with Gasteiger partial charge in [-0.25, -0.2) is 0 Å². The van der Waals surface area contributed by atoms with E-state index >= 15 is 0 Å². The normalized spacial score (nSPS) is 20.7. The van der Waals surface area contributed by atoms with Gasteiger partial charge in [0.05, 0.1) is 24.5 Å². The molecule has 0 radical (unpaired) electrons. The zero-order valence-corrected chi connectivity index (χ0v) is 15.6. The summed E-state index contributed by atoms with van der Waals surface area (Å²) in [5, 5.41) is 17.1. The third kappa shape index (κ3) is 7.90. The van der Waals surface area contributed by atoms with Crippen LogP contribution in [0, 0.1) is 0 Å². The Kier molecular flexibility index (Phi) is 7.74. The summed E-state index contributed by atoms with van der Waals surface area (Å²) in [6, 6.07) is 3.85. The van der Waals surface area contributed by atoms with Gasteiger partial charge >= 0.3 is 0 Å². The molecule has 1 aromatic rings. The first-order valence-corrected chi connectivity index (χ1v) is 8.98. The van der Waals surface area contributed by atoms with Gasteiger partial charge < -0.3 is 29.8 Å². The number of nitrogens with zero attached hydrogens (tertiary/aromatic N) is 2. The van der Waals surface area contributed by atoms with Crippen LogP contribution in [0.5, 0.6) is 0 Å². The van der Waals surface area contributed by atoms with E-state index in [1.54, 1.807) is 13.2 Å². The average Bonchev–Trinajstić information content (AvgIpc) is 3.21. The molecule has 142 valence electrons. The first kappa shape index (κ1) is 19.8. The number of furan rings is 1. The summed E-state index contributed by atoms with van der Waals surface area (Å²) in [5.74, 6) is 1.63. The summed E-state index contributed by atoms with van der Waals surface area (Å²) >= 11 is 0. The molecule has 1 aliphatic rings. The van der Waals surface area contributed by atoms with Crippen LogP contribution in [0.1, 0.15) is 25.5 Å². The van der Waals surface area contributed by atoms with Crippen LogP contribution in [0.4, 0.5) is 0 Å². The molecule has 0 saturated carbocycles. The van der Waals surface area contributed by atoms with Gasteiger partial charge in [-0.1, -0.05) is 0 Å². The van der Waals surface area contributed by atoms with Crippen molar-refractivity contribution < 1.29 is 14.3 Å². The second-order valence-electron chi connectivity index (χ2n) is 7.17. The summed E-state index contributed by atoms with van der Waals surface area (Å²) in [5.41, 5.74) is -0.872. The van der Waals surface area contributed by atoms with Gasteiger partial charge in [-0.15, -0.1) is 0 Å². The van der Waals surface area contributed by atoms with Crippen LogP contribution in [0.25, 0.3) is 0 Å². The first-order chi connectivity index (χ1) is 11.9. The van der Waals surface area contributed by atoms with Crippen molar-refractivity contribution in [2.75, 3.05) is 46.9 Å². The predicted molar refractivity (Wildman–Crippen MR) is 98.9 cm³/mol. The van der Waals surface area contributed by atoms with E-state index in [4.69, 9.17) is 9.15 Å². The lowest BCUT2D eigenvalue weighted by Gasteiger charge is -2.25. The van der Waals surface area contributed by atoms with Gasteiger partial charge in [-0.05, 0) is 46.0 Å². The zero-order valence-electron chi connectivity index (χ0n) is 15.6. The zero-order chi connectivity index (χ0) is 18.1. The predicted octanol–water partition coefficient (Wildman–Crippen LogP) is 0.849. The molecule has 7 heteroatoms. The summed E-state index contributed by atoms with van der Waals surface area (Å²) in [4.78, 5) is 6.52. The topological polar surface area (TPSA) is 82.3 Å². The van der Waals surface area contributed by atoms with Crippen molar-refractivity contribution in [1.29, 1.82) is 0 Å². The number of aliphatic hydroxyl groups is 1. The smallest absolute Gasteiger partial charge is 0.191 e. The highest BCUT2D eigenvalue weighted by molar-refractivity contribution is 5.79. The van der Waals surface area contributed by atoms with Gasteiger partial charge in [0, 0.05) is 32.7 Å². The number of hydrogen-bond donors (Lipinski definition) is 3. The number of guanidine groups is 1. The molecule has 0 amide bonds. The van der Waals surface area contributed by atoms with Crippen LogP contribution in [0.2, 0.25) is 0 Å². The molecule has 1 aliphatic heterocycles. The number of likely N-dealkylation sites (N-methyl/N-ethyl adjacent to an activating group) is 1. The Labute approximate surface area is 150 Å². The van der Waals surface area contributed by atoms with Crippen LogP contribution in [0.15, 0.2) is 27.8 Å². The van der Waals surface area contributed by atoms with Crippen molar-refractivity contribution in [3.8, 4) is 0 Å². The molecule has 0 aromatic carbocycles. The molecule has 1 saturated heterocycles. The van der Waals surface area contributed by atoms with E-state index in [9.17, 15) is 5.11 Å². The van der Waals surface area contributed by atoms with Gasteiger partial charge in [0.15, 0.2) is 5.96 Å². The Bertz CT molecular complexity index is 508. The van der Waals surface area contributed by atoms with E-state index in [1.807, 2.05) is 31.1 Å². The fraction of sp³-hybridized carbons (Fsp3) is 0.722. The van der Waals surface area contributed by atoms with E-state index in [0.717, 1.165) is 38.2 Å². The van der Waals surface area contributed by atoms with Gasteiger partial charge in [0.2, 0.25) is 0 Å². The molecule has 0 bridgehead atoms. The average molecular weight is 352 g/mol. The monoisotopic (exact) mass is 352 g/mol. The molecule has 1 aromatic heterocycles. The number of ether oxygens (including phenoxy) is 1. The number of aliphatic imine (C=N–C) groups is 1. The number of nitrogens with one attached hydrogen (secondary N) is 2. The minimum absolute atomic E-state index is 0.236. The fourth-order valence-electron chi connectivity index (χ4n) is 2.93. The van der Waals surface area contributed by atoms with Crippen LogP contribution in [0.3, 0.4) is 0 Å². The van der Waals surface area contributed by atoms with Crippen LogP contribution in [-0.4, -0.2) is 74.6 Å². The van der Waals surface area contributed by atoms with Gasteiger partial charge in [0.25, 0.3) is 0 Å². The second kappa shape index (κ2) is 9.79. The Morgan fingerprint density at radius 1 is 1.44 bits per heavy atom. The number of hydrogen-bond acceptors (Lipinski definition) is 5. The molecule has 2 heterocycles. The molecule has 2 unspecified atom stereocenters. The third-order valence-corrected chi connectivity index (χ3v) is 4.00. The largest absolute Gasteiger partial charge is 0.469 e. The third-order valence-electron chi connectivity index (χ3n) is 4.00. The van der Waals surface area contributed by atoms with Crippen LogP contribution < -0.4 is 10.6 Å². The molecule has 3 N–H and O–H groups in total. The Balaban J connectivity index is 1.85. The molecular formula is C18H32N4O3. The summed E-state index contributed by atoms with van der Waals surface area (Å²) in [7, 11) is 3.88. The molecule has 2 rings (SSSR count). The van der Waals surface area contributed by atoms with Gasteiger partial charge in [0.1, 0.15) is 5.76 Å². The van der Waals surface area contributed by atoms with E-state index in [-0.39, 0.29) is 6.10 Å². The maximum atomic E-state index is 10.4. The van der Waals surface area contributed by atoms with E-state index < -0.39 is 5.60 Å². The van der Waals surface area contributed by atoms with Crippen LogP contribution in [-0.2, 0) is 11.2 Å². The van der Waals surface area contributed by atoms with Crippen molar-refractivity contribution in [3.05, 3.63) is 24.2 Å². The maximum absolute atomic E-state index is 10.4. The lowest BCUT2D eigenvalue weighted by molar-refractivity contribution is 0.0423. The Morgan fingerprint density at radius 3 is 2.92 bits per heavy atom. The maximum Gasteiger partial charge on any atom is 0.191 e. The van der Waals surface area contributed by atoms with Crippen LogP contribution >= 0.6 is 0 Å². The molecular weight excluding hydrogens is 320 g/mol. The quantitative estimate of drug-likeness (QED) is 0.451. The Morgan fingerprint density at radius 2 is 2.28 bits per heavy atom. The summed E-state index contributed by atoms with van der Waals surface area (Å²) in [6.07, 6.45) is 4.88. The van der Waals surface area contributed by atoms with Crippen molar-refractivity contribution in [1.82, 2.24) is 15.5 Å². The SMILES string of the molecule is CN(C)CC(C)(O)CN=C(NCCc1ccco1)NCC1CCCO1. The van der Waals surface area contributed by atoms with Gasteiger partial charge in [-0.2, -0.15) is 0 Å². The molecule has 2 atom stereocenters. The molecule has 25 heavy (non-hydrogen) atoms. The van der Waals surface area contributed by atoms with E-state index in [0.29, 0.717) is 25.6 Å². The minimum atomic E-state index is -0.872. The standard InChI is InChI=1S/C18H32N4O3/c1-18(23,14-22(2)3)13-21-17(20-12-16-7-5-11-25-16)19-9-8-15-6-4-10-24-15/h4,6,10,16,23H,5,7-9,11-14H2,1-3H3,(H2,19,20,21). The van der Waals surface area contributed by atoms with Crippen molar-refractivity contribution in [3.63, 3.8) is 0 Å². The highest BCUT2D eigenvalue weighted by atomic mass is 16.5. The van der Waals surface area contributed by atoms with Crippen molar-refractivity contribution in [2.45, 2.75) is 37.9 Å². The summed E-state index contributed by atoms with van der Waals surface area (Å²) in [6.45, 7) is 4.96. The Hall–Kier alpha value is -1.57. The number of rotatable bonds is 9. The highest BCUT2D eigenvalue weighted by Gasteiger charge is 2.21. The van der Waals surface area contributed by atoms with E-state index in [2.05, 4.69) is 15.6 Å².